The number of thiazole rings is 1. The number of nitrogens with zero attached hydrogens (tertiary/aromatic N) is 4. The number of amides is 1. The van der Waals surface area contributed by atoms with Crippen LogP contribution in [0.3, 0.4) is 0 Å². The quantitative estimate of drug-likeness (QED) is 0.299. The number of likely N-dealkylation sites (tertiary alicyclic amines) is 1. The number of piperidine rings is 1. The molecule has 0 bridgehead atoms. The minimum Gasteiger partial charge on any atom is -0.386 e. The van der Waals surface area contributed by atoms with Crippen molar-refractivity contribution >= 4 is 29.2 Å². The van der Waals surface area contributed by atoms with E-state index in [4.69, 9.17) is 14.3 Å². The minimum atomic E-state index is -0.0426. The van der Waals surface area contributed by atoms with Crippen molar-refractivity contribution in [3.8, 4) is 22.7 Å². The Morgan fingerprint density at radius 1 is 1.28 bits per heavy atom. The molecule has 0 spiro atoms. The molecule has 2 aromatic heterocycles. The molecule has 8 nitrogen and oxygen atoms in total. The topological polar surface area (TPSA) is 97.9 Å². The van der Waals surface area contributed by atoms with Gasteiger partial charge in [0, 0.05) is 41.6 Å². The Hall–Kier alpha value is -3.33. The van der Waals surface area contributed by atoms with Crippen molar-refractivity contribution in [1.29, 1.82) is 0 Å². The van der Waals surface area contributed by atoms with Gasteiger partial charge in [0.1, 0.15) is 11.4 Å². The summed E-state index contributed by atoms with van der Waals surface area (Å²) in [5.41, 5.74) is 3.43. The number of oxime groups is 1. The fourth-order valence-electron chi connectivity index (χ4n) is 3.62. The van der Waals surface area contributed by atoms with E-state index in [0.29, 0.717) is 41.6 Å². The van der Waals surface area contributed by atoms with Crippen LogP contribution in [0, 0.1) is 0 Å². The highest BCUT2D eigenvalue weighted by Crippen LogP contribution is 2.34. The van der Waals surface area contributed by atoms with Crippen molar-refractivity contribution < 1.29 is 18.9 Å². The van der Waals surface area contributed by atoms with E-state index >= 15 is 0 Å². The Bertz CT molecular complexity index is 1120. The first kappa shape index (κ1) is 21.9. The number of aldehydes is 1. The Kier molecular flexibility index (Phi) is 6.75. The molecule has 0 unspecified atom stereocenters. The van der Waals surface area contributed by atoms with Gasteiger partial charge in [0.2, 0.25) is 0 Å². The van der Waals surface area contributed by atoms with Gasteiger partial charge in [0.25, 0.3) is 5.91 Å². The van der Waals surface area contributed by atoms with E-state index in [0.717, 1.165) is 35.5 Å². The van der Waals surface area contributed by atoms with Gasteiger partial charge in [-0.05, 0) is 26.7 Å². The van der Waals surface area contributed by atoms with Crippen molar-refractivity contribution in [2.75, 3.05) is 19.7 Å². The van der Waals surface area contributed by atoms with Crippen LogP contribution in [-0.2, 0) is 9.63 Å². The zero-order valence-corrected chi connectivity index (χ0v) is 18.8. The maximum atomic E-state index is 12.3. The molecule has 4 rings (SSSR count). The molecule has 0 N–H and O–H groups in total. The predicted octanol–water partition coefficient (Wildman–Crippen LogP) is 4.40. The molecule has 1 aliphatic rings. The summed E-state index contributed by atoms with van der Waals surface area (Å²) in [7, 11) is 0. The maximum Gasteiger partial charge on any atom is 0.263 e. The first-order chi connectivity index (χ1) is 15.5. The molecule has 3 aromatic rings. The summed E-state index contributed by atoms with van der Waals surface area (Å²) in [5, 5.41) is 11.0. The van der Waals surface area contributed by atoms with E-state index in [1.807, 2.05) is 48.4 Å². The molecule has 3 heterocycles. The van der Waals surface area contributed by atoms with Crippen LogP contribution in [0.4, 0.5) is 0 Å². The van der Waals surface area contributed by atoms with Crippen LogP contribution in [0.25, 0.3) is 22.7 Å². The van der Waals surface area contributed by atoms with Crippen LogP contribution in [0.15, 0.2) is 45.4 Å². The van der Waals surface area contributed by atoms with Crippen LogP contribution in [0.1, 0.15) is 48.0 Å². The van der Waals surface area contributed by atoms with Gasteiger partial charge in [-0.2, -0.15) is 0 Å². The summed E-state index contributed by atoms with van der Waals surface area (Å²) >= 11 is 1.60. The van der Waals surface area contributed by atoms with Crippen molar-refractivity contribution in [3.63, 3.8) is 0 Å². The van der Waals surface area contributed by atoms with E-state index in [9.17, 15) is 9.59 Å². The minimum absolute atomic E-state index is 0.0288. The van der Waals surface area contributed by atoms with Crippen LogP contribution < -0.4 is 0 Å². The number of benzene rings is 1. The third-order valence-electron chi connectivity index (χ3n) is 5.28. The average molecular weight is 453 g/mol. The van der Waals surface area contributed by atoms with Crippen molar-refractivity contribution in [1.82, 2.24) is 15.0 Å². The van der Waals surface area contributed by atoms with Crippen LogP contribution >= 0.6 is 11.3 Å². The lowest BCUT2D eigenvalue weighted by atomic mass is 9.97. The molecular weight excluding hydrogens is 428 g/mol. The monoisotopic (exact) mass is 452 g/mol. The standard InChI is InChI=1S/C23H24N4O4S/c1-15(2)25-30-13-22(29)27-9-7-16(8-10-27)23-24-20(14-32-23)19-11-21(31-26-19)18-6-4-3-5-17(18)12-28/h3-6,11-12,14,16H,7-10,13H2,1-2H3. The van der Waals surface area contributed by atoms with Gasteiger partial charge in [0.15, 0.2) is 18.7 Å². The molecule has 1 fully saturated rings. The maximum absolute atomic E-state index is 12.3. The number of hydrogen-bond donors (Lipinski definition) is 0. The zero-order valence-electron chi connectivity index (χ0n) is 18.0. The van der Waals surface area contributed by atoms with E-state index < -0.39 is 0 Å². The number of carbonyl (C=O) groups is 2. The fourth-order valence-corrected chi connectivity index (χ4v) is 4.61. The van der Waals surface area contributed by atoms with Gasteiger partial charge in [-0.1, -0.05) is 34.6 Å². The Morgan fingerprint density at radius 2 is 2.06 bits per heavy atom. The summed E-state index contributed by atoms with van der Waals surface area (Å²) in [6.45, 7) is 4.96. The second-order valence-electron chi connectivity index (χ2n) is 7.82. The van der Waals surface area contributed by atoms with Gasteiger partial charge >= 0.3 is 0 Å². The highest BCUT2D eigenvalue weighted by atomic mass is 32.1. The lowest BCUT2D eigenvalue weighted by Crippen LogP contribution is -2.39. The molecule has 0 radical (unpaired) electrons. The first-order valence-electron chi connectivity index (χ1n) is 10.4. The van der Waals surface area contributed by atoms with Gasteiger partial charge in [-0.25, -0.2) is 4.98 Å². The summed E-state index contributed by atoms with van der Waals surface area (Å²) in [6, 6.07) is 9.04. The molecular formula is C23H24N4O4S. The van der Waals surface area contributed by atoms with Gasteiger partial charge in [-0.15, -0.1) is 11.3 Å². The first-order valence-corrected chi connectivity index (χ1v) is 11.3. The van der Waals surface area contributed by atoms with E-state index in [1.165, 1.54) is 0 Å². The summed E-state index contributed by atoms with van der Waals surface area (Å²) in [5.74, 6) is 0.796. The van der Waals surface area contributed by atoms with Gasteiger partial charge in [-0.3, -0.25) is 9.59 Å². The lowest BCUT2D eigenvalue weighted by molar-refractivity contribution is -0.137. The number of carbonyl (C=O) groups excluding carboxylic acids is 2. The zero-order chi connectivity index (χ0) is 22.5. The second-order valence-corrected chi connectivity index (χ2v) is 8.71. The lowest BCUT2D eigenvalue weighted by Gasteiger charge is -2.30. The molecule has 32 heavy (non-hydrogen) atoms. The summed E-state index contributed by atoms with van der Waals surface area (Å²) < 4.78 is 5.48. The van der Waals surface area contributed by atoms with Gasteiger partial charge < -0.3 is 14.3 Å². The average Bonchev–Trinajstić information content (AvgIpc) is 3.49. The van der Waals surface area contributed by atoms with Crippen LogP contribution in [0.5, 0.6) is 0 Å². The molecule has 0 saturated carbocycles. The number of aromatic nitrogens is 2. The van der Waals surface area contributed by atoms with Gasteiger partial charge in [0.05, 0.1) is 10.7 Å². The summed E-state index contributed by atoms with van der Waals surface area (Å²) in [6.07, 6.45) is 2.51. The normalized spacial score (nSPS) is 14.2. The predicted molar refractivity (Wildman–Crippen MR) is 122 cm³/mol. The molecule has 0 atom stereocenters. The van der Waals surface area contributed by atoms with Crippen LogP contribution in [0.2, 0.25) is 0 Å². The third kappa shape index (κ3) is 4.94. The highest BCUT2D eigenvalue weighted by Gasteiger charge is 2.26. The SMILES string of the molecule is CC(C)=NOCC(=O)N1CCC(c2nc(-c3cc(-c4ccccc4C=O)on3)cs2)CC1. The largest absolute Gasteiger partial charge is 0.386 e. The van der Waals surface area contributed by atoms with E-state index in [1.54, 1.807) is 17.4 Å². The van der Waals surface area contributed by atoms with Crippen LogP contribution in [-0.4, -0.2) is 52.6 Å². The smallest absolute Gasteiger partial charge is 0.263 e. The van der Waals surface area contributed by atoms with Crippen molar-refractivity contribution in [2.45, 2.75) is 32.6 Å². The number of rotatable bonds is 7. The fraction of sp³-hybridized carbons (Fsp3) is 0.348. The molecule has 9 heteroatoms. The van der Waals surface area contributed by atoms with Crippen molar-refractivity contribution in [3.05, 3.63) is 46.3 Å². The van der Waals surface area contributed by atoms with E-state index in [2.05, 4.69) is 10.3 Å². The van der Waals surface area contributed by atoms with E-state index in [-0.39, 0.29) is 12.5 Å². The highest BCUT2D eigenvalue weighted by molar-refractivity contribution is 7.10. The Morgan fingerprint density at radius 3 is 2.81 bits per heavy atom. The molecule has 1 saturated heterocycles. The Labute approximate surface area is 189 Å². The molecule has 1 aromatic carbocycles. The third-order valence-corrected chi connectivity index (χ3v) is 6.29. The molecule has 1 amide bonds. The number of hydrogen-bond acceptors (Lipinski definition) is 8. The molecule has 166 valence electrons. The Balaban J connectivity index is 1.38. The summed E-state index contributed by atoms with van der Waals surface area (Å²) in [4.78, 5) is 35.2. The van der Waals surface area contributed by atoms with Crippen molar-refractivity contribution in [2.24, 2.45) is 5.16 Å². The molecule has 1 aliphatic heterocycles. The second kappa shape index (κ2) is 9.86. The molecule has 0 aliphatic carbocycles.